The SMILES string of the molecule is CC.CN1CCCCC1c1cnn(C)c1.Nc1ccc(-c2ccc(NCC3CCC(O)CC3)nc2)c(F)c1C=O. The van der Waals surface area contributed by atoms with Gasteiger partial charge in [-0.3, -0.25) is 14.4 Å². The molecule has 1 saturated heterocycles. The van der Waals surface area contributed by atoms with Gasteiger partial charge in [0, 0.05) is 54.4 Å². The normalized spacial score (nSPS) is 20.9. The van der Waals surface area contributed by atoms with Gasteiger partial charge in [0.15, 0.2) is 6.29 Å². The maximum absolute atomic E-state index is 14.4. The Morgan fingerprint density at radius 3 is 2.42 bits per heavy atom. The summed E-state index contributed by atoms with van der Waals surface area (Å²) in [5.74, 6) is 0.633. The minimum atomic E-state index is -0.627. The second kappa shape index (κ2) is 15.5. The predicted molar refractivity (Wildman–Crippen MR) is 160 cm³/mol. The Bertz CT molecular complexity index is 1190. The van der Waals surface area contributed by atoms with E-state index in [1.54, 1.807) is 24.4 Å². The van der Waals surface area contributed by atoms with Crippen molar-refractivity contribution in [1.29, 1.82) is 0 Å². The Morgan fingerprint density at radius 1 is 1.07 bits per heavy atom. The first kappa shape index (κ1) is 31.2. The van der Waals surface area contributed by atoms with Crippen molar-refractivity contribution >= 4 is 17.8 Å². The van der Waals surface area contributed by atoms with Crippen molar-refractivity contribution in [3.05, 3.63) is 59.8 Å². The van der Waals surface area contributed by atoms with Gasteiger partial charge in [-0.05, 0) is 82.3 Å². The van der Waals surface area contributed by atoms with Crippen LogP contribution in [-0.2, 0) is 7.05 Å². The molecule has 1 aliphatic heterocycles. The van der Waals surface area contributed by atoms with Gasteiger partial charge >= 0.3 is 0 Å². The van der Waals surface area contributed by atoms with Crippen LogP contribution in [0.5, 0.6) is 0 Å². The smallest absolute Gasteiger partial charge is 0.155 e. The first-order valence-corrected chi connectivity index (χ1v) is 14.5. The minimum Gasteiger partial charge on any atom is -0.398 e. The van der Waals surface area contributed by atoms with Crippen molar-refractivity contribution in [2.24, 2.45) is 13.0 Å². The molecule has 1 atom stereocenters. The van der Waals surface area contributed by atoms with Crippen molar-refractivity contribution in [2.45, 2.75) is 70.9 Å². The molecular weight excluding hydrogens is 507 g/mol. The molecule has 4 N–H and O–H groups in total. The molecule has 1 unspecified atom stereocenters. The van der Waals surface area contributed by atoms with Gasteiger partial charge in [0.2, 0.25) is 0 Å². The van der Waals surface area contributed by atoms with Crippen molar-refractivity contribution in [2.75, 3.05) is 31.2 Å². The minimum absolute atomic E-state index is 0.125. The number of hydrogen-bond donors (Lipinski definition) is 3. The third kappa shape index (κ3) is 8.35. The van der Waals surface area contributed by atoms with E-state index in [-0.39, 0.29) is 17.4 Å². The van der Waals surface area contributed by atoms with E-state index in [9.17, 15) is 14.3 Å². The van der Waals surface area contributed by atoms with Crippen LogP contribution in [-0.4, -0.2) is 57.3 Å². The molecule has 0 bridgehead atoms. The lowest BCUT2D eigenvalue weighted by atomic mass is 9.87. The molecule has 2 fully saturated rings. The number of aliphatic hydroxyl groups excluding tert-OH is 1. The lowest BCUT2D eigenvalue weighted by molar-refractivity contribution is 0.111. The molecule has 1 aliphatic carbocycles. The summed E-state index contributed by atoms with van der Waals surface area (Å²) in [5, 5.41) is 17.0. The molecule has 0 radical (unpaired) electrons. The summed E-state index contributed by atoms with van der Waals surface area (Å²) in [7, 11) is 4.18. The fraction of sp³-hybridized carbons (Fsp3) is 0.516. The number of nitrogens with one attached hydrogen (secondary N) is 1. The second-order valence-electron chi connectivity index (χ2n) is 10.5. The molecule has 218 valence electrons. The van der Waals surface area contributed by atoms with Crippen molar-refractivity contribution in [3.8, 4) is 11.1 Å². The van der Waals surface area contributed by atoms with Crippen LogP contribution in [0.3, 0.4) is 0 Å². The maximum Gasteiger partial charge on any atom is 0.155 e. The third-order valence-electron chi connectivity index (χ3n) is 7.67. The van der Waals surface area contributed by atoms with Crippen molar-refractivity contribution in [3.63, 3.8) is 0 Å². The van der Waals surface area contributed by atoms with Gasteiger partial charge in [-0.15, -0.1) is 0 Å². The zero-order chi connectivity index (χ0) is 29.1. The van der Waals surface area contributed by atoms with Gasteiger partial charge < -0.3 is 16.2 Å². The average molecular weight is 553 g/mol. The number of anilines is 2. The summed E-state index contributed by atoms with van der Waals surface area (Å²) in [6.45, 7) is 6.03. The number of aliphatic hydroxyl groups is 1. The highest BCUT2D eigenvalue weighted by Gasteiger charge is 2.21. The Hall–Kier alpha value is -3.30. The van der Waals surface area contributed by atoms with E-state index < -0.39 is 5.82 Å². The van der Waals surface area contributed by atoms with E-state index in [4.69, 9.17) is 5.73 Å². The third-order valence-corrected chi connectivity index (χ3v) is 7.67. The fourth-order valence-electron chi connectivity index (χ4n) is 5.31. The van der Waals surface area contributed by atoms with Crippen LogP contribution < -0.4 is 11.1 Å². The molecule has 8 nitrogen and oxygen atoms in total. The molecule has 2 aromatic heterocycles. The monoisotopic (exact) mass is 552 g/mol. The first-order chi connectivity index (χ1) is 19.4. The topological polar surface area (TPSA) is 109 Å². The average Bonchev–Trinajstić information content (AvgIpc) is 3.41. The Labute approximate surface area is 237 Å². The number of halogens is 1. The number of benzene rings is 1. The summed E-state index contributed by atoms with van der Waals surface area (Å²) in [6, 6.07) is 7.23. The predicted octanol–water partition coefficient (Wildman–Crippen LogP) is 5.85. The van der Waals surface area contributed by atoms with Gasteiger partial charge in [0.05, 0.1) is 17.9 Å². The summed E-state index contributed by atoms with van der Waals surface area (Å²) in [5.41, 5.74) is 7.87. The van der Waals surface area contributed by atoms with Gasteiger partial charge in [-0.1, -0.05) is 20.3 Å². The highest BCUT2D eigenvalue weighted by molar-refractivity contribution is 5.87. The number of likely N-dealkylation sites (tertiary alicyclic amines) is 1. The zero-order valence-electron chi connectivity index (χ0n) is 24.3. The highest BCUT2D eigenvalue weighted by atomic mass is 19.1. The lowest BCUT2D eigenvalue weighted by Gasteiger charge is -2.31. The molecule has 3 aromatic rings. The lowest BCUT2D eigenvalue weighted by Crippen LogP contribution is -2.29. The Morgan fingerprint density at radius 2 is 1.82 bits per heavy atom. The van der Waals surface area contributed by atoms with Crippen LogP contribution in [0.25, 0.3) is 11.1 Å². The summed E-state index contributed by atoms with van der Waals surface area (Å²) >= 11 is 0. The van der Waals surface area contributed by atoms with E-state index in [1.165, 1.54) is 37.4 Å². The molecule has 1 aromatic carbocycles. The number of piperidine rings is 1. The number of nitrogens with zero attached hydrogens (tertiary/aromatic N) is 4. The highest BCUT2D eigenvalue weighted by Crippen LogP contribution is 2.30. The molecule has 5 rings (SSSR count). The number of aldehydes is 1. The summed E-state index contributed by atoms with van der Waals surface area (Å²) < 4.78 is 16.3. The zero-order valence-corrected chi connectivity index (χ0v) is 24.3. The molecule has 2 aliphatic rings. The molecule has 0 amide bonds. The molecule has 40 heavy (non-hydrogen) atoms. The number of rotatable bonds is 6. The van der Waals surface area contributed by atoms with E-state index >= 15 is 0 Å². The van der Waals surface area contributed by atoms with Crippen LogP contribution in [0, 0.1) is 11.7 Å². The molecule has 0 spiro atoms. The summed E-state index contributed by atoms with van der Waals surface area (Å²) in [6.07, 6.45) is 13.7. The molecule has 9 heteroatoms. The standard InChI is InChI=1S/C19H22FN3O2.C10H17N3.C2H6/c20-19-15(6-7-17(21)16(19)11-24)13-3-8-18(23-10-13)22-9-12-1-4-14(25)5-2-12;1-12-6-4-3-5-10(12)9-7-11-13(2)8-9;1-2/h3,6-8,10-12,14,25H,1-2,4-5,9,21H2,(H,22,23);7-8,10H,3-6H2,1-2H3;1-2H3. The number of hydrogen-bond acceptors (Lipinski definition) is 7. The van der Waals surface area contributed by atoms with Crippen LogP contribution in [0.2, 0.25) is 0 Å². The van der Waals surface area contributed by atoms with Gasteiger partial charge in [-0.2, -0.15) is 5.10 Å². The number of pyridine rings is 1. The van der Waals surface area contributed by atoms with E-state index in [1.807, 2.05) is 31.8 Å². The Balaban J connectivity index is 0.000000246. The quantitative estimate of drug-likeness (QED) is 0.260. The molecule has 1 saturated carbocycles. The summed E-state index contributed by atoms with van der Waals surface area (Å²) in [4.78, 5) is 17.7. The maximum atomic E-state index is 14.4. The molecule has 3 heterocycles. The van der Waals surface area contributed by atoms with Crippen LogP contribution in [0.4, 0.5) is 15.9 Å². The number of aromatic nitrogens is 3. The number of nitrogens with two attached hydrogens (primary N) is 1. The van der Waals surface area contributed by atoms with Gasteiger partial charge in [0.25, 0.3) is 0 Å². The first-order valence-electron chi connectivity index (χ1n) is 14.5. The Kier molecular flexibility index (Phi) is 12.1. The van der Waals surface area contributed by atoms with Crippen molar-refractivity contribution in [1.82, 2.24) is 19.7 Å². The van der Waals surface area contributed by atoms with Crippen LogP contribution in [0.1, 0.15) is 80.8 Å². The van der Waals surface area contributed by atoms with E-state index in [2.05, 4.69) is 33.5 Å². The number of aryl methyl sites for hydroxylation is 1. The van der Waals surface area contributed by atoms with Crippen molar-refractivity contribution < 1.29 is 14.3 Å². The van der Waals surface area contributed by atoms with Crippen LogP contribution in [0.15, 0.2) is 42.9 Å². The van der Waals surface area contributed by atoms with E-state index in [0.29, 0.717) is 29.4 Å². The van der Waals surface area contributed by atoms with E-state index in [0.717, 1.165) is 38.0 Å². The number of carbonyl (C=O) groups excluding carboxylic acids is 1. The number of carbonyl (C=O) groups is 1. The van der Waals surface area contributed by atoms with Gasteiger partial charge in [-0.25, -0.2) is 9.37 Å². The fourth-order valence-corrected chi connectivity index (χ4v) is 5.31. The number of nitrogen functional groups attached to an aromatic ring is 1. The largest absolute Gasteiger partial charge is 0.398 e. The van der Waals surface area contributed by atoms with Crippen LogP contribution >= 0.6 is 0 Å². The molecular formula is C31H45FN6O2. The van der Waals surface area contributed by atoms with Gasteiger partial charge in [0.1, 0.15) is 11.6 Å². The second-order valence-corrected chi connectivity index (χ2v) is 10.5.